The van der Waals surface area contributed by atoms with Crippen molar-refractivity contribution in [2.75, 3.05) is 18.0 Å². The molecule has 5 nitrogen and oxygen atoms in total. The number of hydrogen-bond acceptors (Lipinski definition) is 6. The van der Waals surface area contributed by atoms with Crippen molar-refractivity contribution in [3.8, 4) is 35.4 Å². The van der Waals surface area contributed by atoms with Gasteiger partial charge in [0.05, 0.1) is 16.0 Å². The van der Waals surface area contributed by atoms with Gasteiger partial charge in [0.2, 0.25) is 0 Å². The van der Waals surface area contributed by atoms with Crippen LogP contribution in [0.25, 0.3) is 16.7 Å². The second-order valence-electron chi connectivity index (χ2n) is 5.74. The molecule has 0 N–H and O–H groups in total. The second-order valence-corrected chi connectivity index (χ2v) is 6.74. The van der Waals surface area contributed by atoms with E-state index in [1.807, 2.05) is 36.4 Å². The molecule has 124 valence electrons. The number of nitriles is 4. The minimum absolute atomic E-state index is 0.0285. The number of thiophene rings is 1. The number of hydrogen-bond donors (Lipinski definition) is 0. The number of anilines is 1. The Morgan fingerprint density at radius 2 is 1.58 bits per heavy atom. The Morgan fingerprint density at radius 3 is 2.12 bits per heavy atom. The first-order chi connectivity index (χ1) is 12.7. The number of benzene rings is 1. The van der Waals surface area contributed by atoms with E-state index in [4.69, 9.17) is 0 Å². The van der Waals surface area contributed by atoms with Crippen molar-refractivity contribution < 1.29 is 0 Å². The van der Waals surface area contributed by atoms with E-state index in [1.165, 1.54) is 11.3 Å². The van der Waals surface area contributed by atoms with E-state index in [0.717, 1.165) is 36.5 Å². The Labute approximate surface area is 155 Å². The molecule has 0 amide bonds. The van der Waals surface area contributed by atoms with Gasteiger partial charge in [0.15, 0.2) is 0 Å². The molecule has 1 fully saturated rings. The van der Waals surface area contributed by atoms with Crippen LogP contribution in [0.4, 0.5) is 5.00 Å². The summed E-state index contributed by atoms with van der Waals surface area (Å²) in [6, 6.07) is 17.2. The maximum Gasteiger partial charge on any atom is 0.148 e. The molecular weight excluding hydrogens is 342 g/mol. The molecule has 0 spiro atoms. The molecule has 1 aliphatic heterocycles. The van der Waals surface area contributed by atoms with Crippen LogP contribution in [-0.4, -0.2) is 13.1 Å². The van der Waals surface area contributed by atoms with Gasteiger partial charge in [0, 0.05) is 18.7 Å². The average molecular weight is 355 g/mol. The average Bonchev–Trinajstić information content (AvgIpc) is 3.33. The molecule has 0 unspecified atom stereocenters. The van der Waals surface area contributed by atoms with Gasteiger partial charge in [-0.2, -0.15) is 21.0 Å². The number of rotatable bonds is 3. The topological polar surface area (TPSA) is 98.4 Å². The summed E-state index contributed by atoms with van der Waals surface area (Å²) in [6.45, 7) is 1.72. The van der Waals surface area contributed by atoms with E-state index in [9.17, 15) is 21.0 Å². The maximum atomic E-state index is 9.84. The van der Waals surface area contributed by atoms with Crippen molar-refractivity contribution in [3.05, 3.63) is 46.3 Å². The number of allylic oxidation sites excluding steroid dienone is 2. The zero-order chi connectivity index (χ0) is 18.5. The van der Waals surface area contributed by atoms with Crippen LogP contribution in [0.2, 0.25) is 0 Å². The van der Waals surface area contributed by atoms with Crippen molar-refractivity contribution in [1.29, 1.82) is 21.0 Å². The molecule has 2 heterocycles. The van der Waals surface area contributed by atoms with Gasteiger partial charge >= 0.3 is 0 Å². The minimum Gasteiger partial charge on any atom is -0.362 e. The van der Waals surface area contributed by atoms with Gasteiger partial charge in [-0.05, 0) is 18.4 Å². The molecule has 26 heavy (non-hydrogen) atoms. The van der Waals surface area contributed by atoms with E-state index in [0.29, 0.717) is 16.0 Å². The van der Waals surface area contributed by atoms with E-state index >= 15 is 0 Å². The third kappa shape index (κ3) is 2.91. The Hall–Kier alpha value is -3.58. The van der Waals surface area contributed by atoms with Crippen LogP contribution in [0.15, 0.2) is 35.9 Å². The highest BCUT2D eigenvalue weighted by molar-refractivity contribution is 7.18. The van der Waals surface area contributed by atoms with Crippen molar-refractivity contribution in [1.82, 2.24) is 0 Å². The van der Waals surface area contributed by atoms with Crippen LogP contribution in [-0.2, 0) is 0 Å². The Morgan fingerprint density at radius 1 is 0.923 bits per heavy atom. The lowest BCUT2D eigenvalue weighted by molar-refractivity contribution is 0.949. The van der Waals surface area contributed by atoms with Gasteiger partial charge in [0.25, 0.3) is 0 Å². The fraction of sp³-hybridized carbons (Fsp3) is 0.200. The van der Waals surface area contributed by atoms with Crippen LogP contribution >= 0.6 is 11.3 Å². The first-order valence-corrected chi connectivity index (χ1v) is 8.89. The Bertz CT molecular complexity index is 1010. The summed E-state index contributed by atoms with van der Waals surface area (Å²) in [5.41, 5.74) is 1.72. The van der Waals surface area contributed by atoms with Gasteiger partial charge in [0.1, 0.15) is 34.9 Å². The summed E-state index contributed by atoms with van der Waals surface area (Å²) in [5.74, 6) is 0. The molecule has 0 atom stereocenters. The van der Waals surface area contributed by atoms with Crippen LogP contribution in [0.1, 0.15) is 23.3 Å². The van der Waals surface area contributed by atoms with Crippen molar-refractivity contribution in [2.45, 2.75) is 12.8 Å². The van der Waals surface area contributed by atoms with E-state index in [-0.39, 0.29) is 11.1 Å². The molecule has 1 aliphatic rings. The van der Waals surface area contributed by atoms with Crippen LogP contribution < -0.4 is 4.90 Å². The summed E-state index contributed by atoms with van der Waals surface area (Å²) < 4.78 is 0. The lowest BCUT2D eigenvalue weighted by Gasteiger charge is -2.15. The largest absolute Gasteiger partial charge is 0.362 e. The van der Waals surface area contributed by atoms with Crippen LogP contribution in [0.3, 0.4) is 0 Å². The summed E-state index contributed by atoms with van der Waals surface area (Å²) in [4.78, 5) is 2.65. The Balaban J connectivity index is 2.36. The molecule has 0 bridgehead atoms. The molecule has 0 radical (unpaired) electrons. The maximum absolute atomic E-state index is 9.84. The predicted molar refractivity (Wildman–Crippen MR) is 99.7 cm³/mol. The number of nitrogens with zero attached hydrogens (tertiary/aromatic N) is 5. The van der Waals surface area contributed by atoms with Gasteiger partial charge in [-0.3, -0.25) is 0 Å². The Kier molecular flexibility index (Phi) is 5.00. The molecule has 6 heteroatoms. The molecule has 1 saturated heterocycles. The first kappa shape index (κ1) is 17.2. The molecular formula is C20H13N5S. The zero-order valence-corrected chi connectivity index (χ0v) is 14.7. The smallest absolute Gasteiger partial charge is 0.148 e. The second kappa shape index (κ2) is 7.54. The summed E-state index contributed by atoms with van der Waals surface area (Å²) in [6.07, 6.45) is 2.11. The zero-order valence-electron chi connectivity index (χ0n) is 13.9. The van der Waals surface area contributed by atoms with E-state index in [1.54, 1.807) is 12.1 Å². The standard InChI is InChI=1S/C20H13N5S/c21-10-15(11-22)16(12-23)19-18(14-6-2-1-3-7-14)17(13-24)20(26-19)25-8-4-5-9-25/h1-3,6-7H,4-5,8-9H2. The fourth-order valence-electron chi connectivity index (χ4n) is 3.08. The quantitative estimate of drug-likeness (QED) is 0.768. The molecule has 3 rings (SSSR count). The summed E-state index contributed by atoms with van der Waals surface area (Å²) in [7, 11) is 0. The lowest BCUT2D eigenvalue weighted by Crippen LogP contribution is -2.17. The third-order valence-corrected chi connectivity index (χ3v) is 5.54. The SMILES string of the molecule is N#CC(C#N)=C(C#N)c1sc(N2CCCC2)c(C#N)c1-c1ccccc1. The molecule has 0 aliphatic carbocycles. The van der Waals surface area contributed by atoms with Crippen molar-refractivity contribution in [2.24, 2.45) is 0 Å². The highest BCUT2D eigenvalue weighted by Gasteiger charge is 2.28. The minimum atomic E-state index is -0.233. The van der Waals surface area contributed by atoms with Crippen LogP contribution in [0, 0.1) is 45.3 Å². The van der Waals surface area contributed by atoms with Gasteiger partial charge in [-0.15, -0.1) is 11.3 Å². The van der Waals surface area contributed by atoms with Crippen molar-refractivity contribution in [3.63, 3.8) is 0 Å². The highest BCUT2D eigenvalue weighted by atomic mass is 32.1. The van der Waals surface area contributed by atoms with Gasteiger partial charge in [-0.25, -0.2) is 0 Å². The van der Waals surface area contributed by atoms with E-state index < -0.39 is 0 Å². The third-order valence-electron chi connectivity index (χ3n) is 4.27. The van der Waals surface area contributed by atoms with Crippen LogP contribution in [0.5, 0.6) is 0 Å². The predicted octanol–water partition coefficient (Wildman–Crippen LogP) is 4.21. The fourth-order valence-corrected chi connectivity index (χ4v) is 4.41. The summed E-state index contributed by atoms with van der Waals surface area (Å²) >= 11 is 1.32. The first-order valence-electron chi connectivity index (χ1n) is 8.07. The molecule has 1 aromatic carbocycles. The molecule has 2 aromatic rings. The van der Waals surface area contributed by atoms with E-state index in [2.05, 4.69) is 11.0 Å². The molecule has 1 aromatic heterocycles. The molecule has 0 saturated carbocycles. The van der Waals surface area contributed by atoms with Crippen molar-refractivity contribution >= 4 is 21.9 Å². The monoisotopic (exact) mass is 355 g/mol. The summed E-state index contributed by atoms with van der Waals surface area (Å²) in [5, 5.41) is 38.8. The van der Waals surface area contributed by atoms with Gasteiger partial charge in [-0.1, -0.05) is 30.3 Å². The van der Waals surface area contributed by atoms with Gasteiger partial charge < -0.3 is 4.90 Å². The lowest BCUT2D eigenvalue weighted by atomic mass is 9.97. The normalized spacial score (nSPS) is 12.5. The highest BCUT2D eigenvalue weighted by Crippen LogP contribution is 2.46.